The van der Waals surface area contributed by atoms with Crippen LogP contribution in [0.2, 0.25) is 0 Å². The standard InChI is InChI=1S/C12H10N2O4S/c1-8-4-9(2-3-11(8)14(16)17)12(15)18-6-10-5-13-7-19-10/h2-5,7H,6H2,1H3. The predicted octanol–water partition coefficient (Wildman–Crippen LogP) is 2.72. The zero-order valence-electron chi connectivity index (χ0n) is 10.0. The summed E-state index contributed by atoms with van der Waals surface area (Å²) in [5.74, 6) is -0.508. The van der Waals surface area contributed by atoms with Gasteiger partial charge in [-0.2, -0.15) is 0 Å². The van der Waals surface area contributed by atoms with Crippen LogP contribution in [0.15, 0.2) is 29.9 Å². The first kappa shape index (κ1) is 13.2. The van der Waals surface area contributed by atoms with Crippen LogP contribution in [0, 0.1) is 17.0 Å². The Hall–Kier alpha value is -2.28. The summed E-state index contributed by atoms with van der Waals surface area (Å²) >= 11 is 1.39. The van der Waals surface area contributed by atoms with Crippen molar-refractivity contribution in [2.24, 2.45) is 0 Å². The summed E-state index contributed by atoms with van der Waals surface area (Å²) in [6, 6.07) is 4.14. The number of benzene rings is 1. The van der Waals surface area contributed by atoms with Gasteiger partial charge in [0.05, 0.1) is 20.9 Å². The van der Waals surface area contributed by atoms with Crippen LogP contribution in [-0.2, 0) is 11.3 Å². The minimum atomic E-state index is -0.508. The Labute approximate surface area is 112 Å². The Kier molecular flexibility index (Phi) is 3.86. The first-order valence-corrected chi connectivity index (χ1v) is 6.25. The molecule has 0 fully saturated rings. The van der Waals surface area contributed by atoms with Crippen LogP contribution >= 0.6 is 11.3 Å². The number of aryl methyl sites for hydroxylation is 1. The Morgan fingerprint density at radius 2 is 2.32 bits per heavy atom. The smallest absolute Gasteiger partial charge is 0.338 e. The highest BCUT2D eigenvalue weighted by molar-refractivity contribution is 7.09. The third kappa shape index (κ3) is 3.14. The molecule has 1 aromatic heterocycles. The number of carbonyl (C=O) groups excluding carboxylic acids is 1. The molecule has 0 aliphatic carbocycles. The fourth-order valence-electron chi connectivity index (χ4n) is 1.52. The van der Waals surface area contributed by atoms with E-state index in [0.29, 0.717) is 11.1 Å². The summed E-state index contributed by atoms with van der Waals surface area (Å²) in [5, 5.41) is 10.7. The van der Waals surface area contributed by atoms with E-state index < -0.39 is 10.9 Å². The molecule has 6 nitrogen and oxygen atoms in total. The molecule has 0 saturated heterocycles. The molecule has 0 saturated carbocycles. The molecule has 98 valence electrons. The molecule has 1 aromatic carbocycles. The van der Waals surface area contributed by atoms with Crippen molar-refractivity contribution in [1.29, 1.82) is 0 Å². The second-order valence-electron chi connectivity index (χ2n) is 3.80. The summed E-state index contributed by atoms with van der Waals surface area (Å²) in [7, 11) is 0. The molecule has 0 radical (unpaired) electrons. The minimum Gasteiger partial charge on any atom is -0.456 e. The quantitative estimate of drug-likeness (QED) is 0.488. The highest BCUT2D eigenvalue weighted by Crippen LogP contribution is 2.19. The molecule has 0 aliphatic rings. The number of hydrogen-bond acceptors (Lipinski definition) is 6. The maximum atomic E-state index is 11.8. The molecule has 0 N–H and O–H groups in total. The minimum absolute atomic E-state index is 0.0148. The van der Waals surface area contributed by atoms with Crippen molar-refractivity contribution in [2.45, 2.75) is 13.5 Å². The van der Waals surface area contributed by atoms with Crippen molar-refractivity contribution in [3.05, 3.63) is 56.0 Å². The van der Waals surface area contributed by atoms with Gasteiger partial charge in [0.25, 0.3) is 5.69 Å². The van der Waals surface area contributed by atoms with E-state index in [2.05, 4.69) is 4.98 Å². The van der Waals surface area contributed by atoms with E-state index in [4.69, 9.17) is 4.74 Å². The van der Waals surface area contributed by atoms with Gasteiger partial charge in [-0.25, -0.2) is 4.79 Å². The SMILES string of the molecule is Cc1cc(C(=O)OCc2cncs2)ccc1[N+](=O)[O-]. The van der Waals surface area contributed by atoms with E-state index in [-0.39, 0.29) is 12.3 Å². The first-order chi connectivity index (χ1) is 9.08. The molecule has 0 spiro atoms. The number of carbonyl (C=O) groups is 1. The van der Waals surface area contributed by atoms with Crippen LogP contribution < -0.4 is 0 Å². The largest absolute Gasteiger partial charge is 0.456 e. The van der Waals surface area contributed by atoms with Crippen molar-refractivity contribution < 1.29 is 14.5 Å². The topological polar surface area (TPSA) is 82.3 Å². The number of aromatic nitrogens is 1. The zero-order valence-corrected chi connectivity index (χ0v) is 10.8. The third-order valence-electron chi connectivity index (χ3n) is 2.46. The number of rotatable bonds is 4. The van der Waals surface area contributed by atoms with Crippen molar-refractivity contribution in [3.63, 3.8) is 0 Å². The van der Waals surface area contributed by atoms with Gasteiger partial charge in [0.1, 0.15) is 6.61 Å². The van der Waals surface area contributed by atoms with E-state index in [1.807, 2.05) is 0 Å². The second-order valence-corrected chi connectivity index (χ2v) is 4.77. The third-order valence-corrected chi connectivity index (χ3v) is 3.21. The molecular formula is C12H10N2O4S. The lowest BCUT2D eigenvalue weighted by Crippen LogP contribution is -2.05. The summed E-state index contributed by atoms with van der Waals surface area (Å²) in [4.78, 5) is 26.7. The molecule has 2 aromatic rings. The molecular weight excluding hydrogens is 268 g/mol. The molecule has 19 heavy (non-hydrogen) atoms. The number of esters is 1. The fraction of sp³-hybridized carbons (Fsp3) is 0.167. The summed E-state index contributed by atoms with van der Waals surface area (Å²) in [6.07, 6.45) is 1.62. The van der Waals surface area contributed by atoms with Crippen molar-refractivity contribution in [1.82, 2.24) is 4.98 Å². The van der Waals surface area contributed by atoms with E-state index in [1.54, 1.807) is 18.6 Å². The lowest BCUT2D eigenvalue weighted by atomic mass is 10.1. The number of nitro groups is 1. The normalized spacial score (nSPS) is 10.2. The number of ether oxygens (including phenoxy) is 1. The van der Waals surface area contributed by atoms with Crippen LogP contribution in [0.5, 0.6) is 0 Å². The van der Waals surface area contributed by atoms with E-state index in [9.17, 15) is 14.9 Å². The average Bonchev–Trinajstić information content (AvgIpc) is 2.88. The number of hydrogen-bond donors (Lipinski definition) is 0. The number of thiazole rings is 1. The van der Waals surface area contributed by atoms with Gasteiger partial charge in [-0.15, -0.1) is 11.3 Å². The molecule has 2 rings (SSSR count). The van der Waals surface area contributed by atoms with E-state index in [0.717, 1.165) is 4.88 Å². The molecule has 0 atom stereocenters. The average molecular weight is 278 g/mol. The van der Waals surface area contributed by atoms with Crippen LogP contribution in [-0.4, -0.2) is 15.9 Å². The van der Waals surface area contributed by atoms with Gasteiger partial charge in [-0.1, -0.05) is 0 Å². The highest BCUT2D eigenvalue weighted by Gasteiger charge is 2.14. The molecule has 0 bridgehead atoms. The van der Waals surface area contributed by atoms with Crippen LogP contribution in [0.25, 0.3) is 0 Å². The first-order valence-electron chi connectivity index (χ1n) is 5.37. The van der Waals surface area contributed by atoms with Crippen molar-refractivity contribution >= 4 is 23.0 Å². The second kappa shape index (κ2) is 5.57. The number of nitrogens with zero attached hydrogens (tertiary/aromatic N) is 2. The van der Waals surface area contributed by atoms with Crippen molar-refractivity contribution in [2.75, 3.05) is 0 Å². The van der Waals surface area contributed by atoms with Gasteiger partial charge in [0.15, 0.2) is 0 Å². The van der Waals surface area contributed by atoms with Gasteiger partial charge >= 0.3 is 5.97 Å². The predicted molar refractivity (Wildman–Crippen MR) is 69.1 cm³/mol. The maximum Gasteiger partial charge on any atom is 0.338 e. The Bertz CT molecular complexity index is 610. The zero-order chi connectivity index (χ0) is 13.8. The maximum absolute atomic E-state index is 11.8. The molecule has 1 heterocycles. The van der Waals surface area contributed by atoms with Gasteiger partial charge in [0, 0.05) is 17.8 Å². The molecule has 0 aliphatic heterocycles. The molecule has 7 heteroatoms. The van der Waals surface area contributed by atoms with Gasteiger partial charge in [-0.3, -0.25) is 15.1 Å². The summed E-state index contributed by atoms with van der Waals surface area (Å²) in [5.41, 5.74) is 2.36. The van der Waals surface area contributed by atoms with Crippen molar-refractivity contribution in [3.8, 4) is 0 Å². The van der Waals surface area contributed by atoms with Gasteiger partial charge in [0.2, 0.25) is 0 Å². The van der Waals surface area contributed by atoms with E-state index >= 15 is 0 Å². The van der Waals surface area contributed by atoms with Crippen LogP contribution in [0.1, 0.15) is 20.8 Å². The highest BCUT2D eigenvalue weighted by atomic mass is 32.1. The number of nitro benzene ring substituents is 1. The molecule has 0 amide bonds. The monoisotopic (exact) mass is 278 g/mol. The van der Waals surface area contributed by atoms with Crippen LogP contribution in [0.4, 0.5) is 5.69 Å². The Morgan fingerprint density at radius 3 is 2.89 bits per heavy atom. The van der Waals surface area contributed by atoms with Crippen LogP contribution in [0.3, 0.4) is 0 Å². The summed E-state index contributed by atoms with van der Waals surface area (Å²) < 4.78 is 5.09. The van der Waals surface area contributed by atoms with Gasteiger partial charge in [-0.05, 0) is 19.1 Å². The Balaban J connectivity index is 2.07. The molecule has 0 unspecified atom stereocenters. The summed E-state index contributed by atoms with van der Waals surface area (Å²) in [6.45, 7) is 1.73. The van der Waals surface area contributed by atoms with Gasteiger partial charge < -0.3 is 4.74 Å². The lowest BCUT2D eigenvalue weighted by Gasteiger charge is -2.04. The Morgan fingerprint density at radius 1 is 1.53 bits per heavy atom. The van der Waals surface area contributed by atoms with E-state index in [1.165, 1.54) is 29.5 Å². The fourth-order valence-corrected chi connectivity index (χ4v) is 2.03. The lowest BCUT2D eigenvalue weighted by molar-refractivity contribution is -0.385.